The van der Waals surface area contributed by atoms with Gasteiger partial charge in [-0.15, -0.1) is 0 Å². The first kappa shape index (κ1) is 8.73. The Morgan fingerprint density at radius 1 is 1.67 bits per heavy atom. The number of aliphatic hydroxyl groups is 1. The molecule has 1 aromatic rings. The number of hydrogen-bond donors (Lipinski definition) is 2. The van der Waals surface area contributed by atoms with E-state index in [4.69, 9.17) is 10.2 Å². The highest BCUT2D eigenvalue weighted by Crippen LogP contribution is 2.08. The number of carboxylic acids is 1. The van der Waals surface area contributed by atoms with Crippen molar-refractivity contribution in [3.05, 3.63) is 18.5 Å². The summed E-state index contributed by atoms with van der Waals surface area (Å²) >= 11 is 0. The zero-order chi connectivity index (χ0) is 8.97. The lowest BCUT2D eigenvalue weighted by atomic mass is 10.2. The second kappa shape index (κ2) is 3.87. The van der Waals surface area contributed by atoms with Crippen LogP contribution in [-0.2, 0) is 4.79 Å². The Kier molecular flexibility index (Phi) is 2.82. The molecule has 0 bridgehead atoms. The van der Waals surface area contributed by atoms with Gasteiger partial charge in [0.15, 0.2) is 6.04 Å². The molecule has 0 aliphatic carbocycles. The number of aliphatic carboxylic acids is 1. The molecule has 1 aromatic heterocycles. The van der Waals surface area contributed by atoms with Crippen LogP contribution in [-0.4, -0.2) is 32.6 Å². The fourth-order valence-corrected chi connectivity index (χ4v) is 0.956. The molecule has 0 amide bonds. The Morgan fingerprint density at radius 3 is 2.83 bits per heavy atom. The van der Waals surface area contributed by atoms with Crippen LogP contribution in [0.2, 0.25) is 0 Å². The molecule has 0 spiro atoms. The van der Waals surface area contributed by atoms with Crippen LogP contribution in [0.5, 0.6) is 0 Å². The van der Waals surface area contributed by atoms with Gasteiger partial charge in [0.05, 0.1) is 0 Å². The van der Waals surface area contributed by atoms with Crippen LogP contribution in [0.4, 0.5) is 0 Å². The van der Waals surface area contributed by atoms with Gasteiger partial charge >= 0.3 is 5.97 Å². The molecular formula is C7H10N2O3. The average molecular weight is 170 g/mol. The predicted octanol–water partition coefficient (Wildman–Crippen LogP) is -0.109. The molecule has 1 heterocycles. The number of rotatable bonds is 4. The second-order valence-corrected chi connectivity index (χ2v) is 2.35. The zero-order valence-electron chi connectivity index (χ0n) is 6.42. The van der Waals surface area contributed by atoms with Gasteiger partial charge in [0.2, 0.25) is 0 Å². The van der Waals surface area contributed by atoms with Gasteiger partial charge in [-0.2, -0.15) is 5.10 Å². The van der Waals surface area contributed by atoms with E-state index in [2.05, 4.69) is 5.10 Å². The maximum absolute atomic E-state index is 10.6. The Bertz CT molecular complexity index is 245. The highest BCUT2D eigenvalue weighted by molar-refractivity contribution is 5.71. The lowest BCUT2D eigenvalue weighted by Crippen LogP contribution is -2.20. The second-order valence-electron chi connectivity index (χ2n) is 2.35. The quantitative estimate of drug-likeness (QED) is 0.661. The van der Waals surface area contributed by atoms with Crippen LogP contribution in [0.1, 0.15) is 12.5 Å². The summed E-state index contributed by atoms with van der Waals surface area (Å²) in [6.07, 6.45) is 3.25. The van der Waals surface area contributed by atoms with Crippen molar-refractivity contribution in [2.75, 3.05) is 6.61 Å². The monoisotopic (exact) mass is 170 g/mol. The van der Waals surface area contributed by atoms with Crippen molar-refractivity contribution in [3.8, 4) is 0 Å². The van der Waals surface area contributed by atoms with Crippen molar-refractivity contribution >= 4 is 5.97 Å². The van der Waals surface area contributed by atoms with E-state index in [0.717, 1.165) is 0 Å². The Balaban J connectivity index is 2.73. The van der Waals surface area contributed by atoms with Crippen LogP contribution < -0.4 is 0 Å². The molecule has 0 saturated heterocycles. The number of carbonyl (C=O) groups is 1. The number of aliphatic hydroxyl groups excluding tert-OH is 1. The molecule has 12 heavy (non-hydrogen) atoms. The third-order valence-corrected chi connectivity index (χ3v) is 1.53. The third-order valence-electron chi connectivity index (χ3n) is 1.53. The minimum absolute atomic E-state index is 0.156. The summed E-state index contributed by atoms with van der Waals surface area (Å²) in [5.41, 5.74) is 0. The number of aromatic nitrogens is 2. The summed E-state index contributed by atoms with van der Waals surface area (Å²) in [5, 5.41) is 21.1. The molecule has 0 fully saturated rings. The Morgan fingerprint density at radius 2 is 2.42 bits per heavy atom. The van der Waals surface area contributed by atoms with Crippen LogP contribution in [0.15, 0.2) is 18.5 Å². The van der Waals surface area contributed by atoms with Crippen LogP contribution in [0.3, 0.4) is 0 Å². The summed E-state index contributed by atoms with van der Waals surface area (Å²) in [7, 11) is 0. The van der Waals surface area contributed by atoms with Crippen molar-refractivity contribution < 1.29 is 15.0 Å². The first-order chi connectivity index (χ1) is 5.75. The van der Waals surface area contributed by atoms with Gasteiger partial charge < -0.3 is 10.2 Å². The highest BCUT2D eigenvalue weighted by atomic mass is 16.4. The summed E-state index contributed by atoms with van der Waals surface area (Å²) in [4.78, 5) is 10.6. The molecule has 0 radical (unpaired) electrons. The molecular weight excluding hydrogens is 160 g/mol. The van der Waals surface area contributed by atoms with Gasteiger partial charge in [-0.25, -0.2) is 4.79 Å². The first-order valence-electron chi connectivity index (χ1n) is 3.58. The smallest absolute Gasteiger partial charge is 0.328 e. The molecule has 0 saturated carbocycles. The summed E-state index contributed by atoms with van der Waals surface area (Å²) in [6.45, 7) is -0.156. The van der Waals surface area contributed by atoms with Crippen molar-refractivity contribution in [1.29, 1.82) is 0 Å². The zero-order valence-corrected chi connectivity index (χ0v) is 6.42. The van der Waals surface area contributed by atoms with E-state index in [1.165, 1.54) is 10.9 Å². The molecule has 0 aliphatic rings. The molecule has 66 valence electrons. The van der Waals surface area contributed by atoms with E-state index < -0.39 is 12.0 Å². The Hall–Kier alpha value is -1.36. The fourth-order valence-electron chi connectivity index (χ4n) is 0.956. The molecule has 1 atom stereocenters. The van der Waals surface area contributed by atoms with Crippen molar-refractivity contribution in [1.82, 2.24) is 9.78 Å². The van der Waals surface area contributed by atoms with Gasteiger partial charge in [0.1, 0.15) is 0 Å². The summed E-state index contributed by atoms with van der Waals surface area (Å²) < 4.78 is 1.32. The highest BCUT2D eigenvalue weighted by Gasteiger charge is 2.18. The topological polar surface area (TPSA) is 75.3 Å². The molecule has 5 nitrogen and oxygen atoms in total. The predicted molar refractivity (Wildman–Crippen MR) is 40.6 cm³/mol. The first-order valence-corrected chi connectivity index (χ1v) is 3.58. The van der Waals surface area contributed by atoms with E-state index in [9.17, 15) is 4.79 Å². The molecule has 1 rings (SSSR count). The standard InChI is InChI=1S/C7H10N2O3/c10-5-2-6(7(11)12)9-4-1-3-8-9/h1,3-4,6,10H,2,5H2,(H,11,12). The van der Waals surface area contributed by atoms with Crippen LogP contribution in [0, 0.1) is 0 Å². The van der Waals surface area contributed by atoms with Gasteiger partial charge in [-0.1, -0.05) is 0 Å². The van der Waals surface area contributed by atoms with E-state index in [1.54, 1.807) is 12.3 Å². The van der Waals surface area contributed by atoms with Crippen LogP contribution >= 0.6 is 0 Å². The van der Waals surface area contributed by atoms with E-state index in [0.29, 0.717) is 0 Å². The number of nitrogens with zero attached hydrogens (tertiary/aromatic N) is 2. The van der Waals surface area contributed by atoms with Crippen molar-refractivity contribution in [2.45, 2.75) is 12.5 Å². The molecule has 2 N–H and O–H groups in total. The minimum Gasteiger partial charge on any atom is -0.480 e. The van der Waals surface area contributed by atoms with Crippen molar-refractivity contribution in [3.63, 3.8) is 0 Å². The Labute approximate surface area is 69.2 Å². The molecule has 1 unspecified atom stereocenters. The van der Waals surface area contributed by atoms with E-state index in [-0.39, 0.29) is 13.0 Å². The summed E-state index contributed by atoms with van der Waals surface area (Å²) in [6, 6.07) is 0.887. The minimum atomic E-state index is -0.979. The fraction of sp³-hybridized carbons (Fsp3) is 0.429. The van der Waals surface area contributed by atoms with Crippen molar-refractivity contribution in [2.24, 2.45) is 0 Å². The normalized spacial score (nSPS) is 12.8. The molecule has 0 aliphatic heterocycles. The number of carboxylic acid groups (broad SMARTS) is 1. The average Bonchev–Trinajstić information content (AvgIpc) is 2.51. The lowest BCUT2D eigenvalue weighted by Gasteiger charge is -2.10. The maximum atomic E-state index is 10.6. The van der Waals surface area contributed by atoms with Gasteiger partial charge in [-0.05, 0) is 6.07 Å². The maximum Gasteiger partial charge on any atom is 0.328 e. The molecule has 5 heteroatoms. The van der Waals surface area contributed by atoms with E-state index >= 15 is 0 Å². The largest absolute Gasteiger partial charge is 0.480 e. The van der Waals surface area contributed by atoms with Gasteiger partial charge in [0.25, 0.3) is 0 Å². The third kappa shape index (κ3) is 1.82. The SMILES string of the molecule is O=C(O)C(CCO)n1cccn1. The lowest BCUT2D eigenvalue weighted by molar-refractivity contribution is -0.141. The molecule has 0 aromatic carbocycles. The number of hydrogen-bond acceptors (Lipinski definition) is 3. The van der Waals surface area contributed by atoms with Gasteiger partial charge in [0, 0.05) is 25.4 Å². The summed E-state index contributed by atoms with van der Waals surface area (Å²) in [5.74, 6) is -0.979. The van der Waals surface area contributed by atoms with Crippen LogP contribution in [0.25, 0.3) is 0 Å². The van der Waals surface area contributed by atoms with E-state index in [1.807, 2.05) is 0 Å². The van der Waals surface area contributed by atoms with Gasteiger partial charge in [-0.3, -0.25) is 4.68 Å².